The number of ether oxygens (including phenoxy) is 2. The Labute approximate surface area is 162 Å². The first-order valence-corrected chi connectivity index (χ1v) is 9.39. The number of guanidine groups is 1. The van der Waals surface area contributed by atoms with Crippen LogP contribution in [-0.2, 0) is 24.3 Å². The first-order chi connectivity index (χ1) is 13.2. The van der Waals surface area contributed by atoms with Gasteiger partial charge in [0.25, 0.3) is 0 Å². The van der Waals surface area contributed by atoms with Gasteiger partial charge in [0.15, 0.2) is 5.96 Å². The number of aliphatic imine (C=N–C) groups is 1. The summed E-state index contributed by atoms with van der Waals surface area (Å²) in [6, 6.07) is 14.5. The molecule has 0 saturated carbocycles. The molecule has 0 amide bonds. The smallest absolute Gasteiger partial charge is 0.191 e. The molecule has 0 aromatic heterocycles. The van der Waals surface area contributed by atoms with Crippen LogP contribution in [0.2, 0.25) is 0 Å². The largest absolute Gasteiger partial charge is 0.496 e. The molecule has 0 aliphatic rings. The van der Waals surface area contributed by atoms with Crippen molar-refractivity contribution in [1.82, 2.24) is 10.6 Å². The summed E-state index contributed by atoms with van der Waals surface area (Å²) in [5.74, 6) is 1.74. The second-order valence-corrected chi connectivity index (χ2v) is 6.39. The molecule has 5 nitrogen and oxygen atoms in total. The first kappa shape index (κ1) is 20.8. The van der Waals surface area contributed by atoms with Gasteiger partial charge in [0.05, 0.1) is 20.3 Å². The summed E-state index contributed by atoms with van der Waals surface area (Å²) in [6.07, 6.45) is 0.871. The lowest BCUT2D eigenvalue weighted by molar-refractivity contribution is 0.184. The number of rotatable bonds is 9. The first-order valence-electron chi connectivity index (χ1n) is 9.39. The van der Waals surface area contributed by atoms with Crippen LogP contribution in [0.3, 0.4) is 0 Å². The van der Waals surface area contributed by atoms with Crippen molar-refractivity contribution in [1.29, 1.82) is 0 Å². The number of hydrogen-bond acceptors (Lipinski definition) is 3. The highest BCUT2D eigenvalue weighted by Crippen LogP contribution is 2.19. The zero-order valence-corrected chi connectivity index (χ0v) is 16.8. The maximum absolute atomic E-state index is 5.46. The lowest BCUT2D eigenvalue weighted by Crippen LogP contribution is -2.38. The Hall–Kier alpha value is -2.53. The van der Waals surface area contributed by atoms with Crippen LogP contribution in [-0.4, -0.2) is 33.3 Å². The van der Waals surface area contributed by atoms with Crippen LogP contribution in [0.5, 0.6) is 5.75 Å². The van der Waals surface area contributed by atoms with Gasteiger partial charge in [-0.25, -0.2) is 4.99 Å². The molecule has 0 aliphatic carbocycles. The van der Waals surface area contributed by atoms with Gasteiger partial charge >= 0.3 is 0 Å². The fourth-order valence-electron chi connectivity index (χ4n) is 2.93. The summed E-state index contributed by atoms with van der Waals surface area (Å²) in [5.41, 5.74) is 4.79. The second-order valence-electron chi connectivity index (χ2n) is 6.39. The van der Waals surface area contributed by atoms with Gasteiger partial charge in [-0.05, 0) is 43.0 Å². The van der Waals surface area contributed by atoms with E-state index in [2.05, 4.69) is 48.7 Å². The van der Waals surface area contributed by atoms with Crippen molar-refractivity contribution in [2.45, 2.75) is 33.4 Å². The third-order valence-electron chi connectivity index (χ3n) is 4.29. The van der Waals surface area contributed by atoms with Crippen LogP contribution in [0.1, 0.15) is 29.2 Å². The van der Waals surface area contributed by atoms with E-state index in [0.29, 0.717) is 13.2 Å². The number of nitrogens with one attached hydrogen (secondary N) is 2. The predicted molar refractivity (Wildman–Crippen MR) is 111 cm³/mol. The Balaban J connectivity index is 1.99. The SMILES string of the molecule is CCNC(=NCc1ccccc1COC)NCCc1cc(C)ccc1OC. The van der Waals surface area contributed by atoms with Crippen LogP contribution < -0.4 is 15.4 Å². The van der Waals surface area contributed by atoms with Crippen LogP contribution >= 0.6 is 0 Å². The van der Waals surface area contributed by atoms with E-state index >= 15 is 0 Å². The van der Waals surface area contributed by atoms with E-state index in [1.54, 1.807) is 14.2 Å². The molecule has 0 atom stereocenters. The molecule has 2 aromatic rings. The van der Waals surface area contributed by atoms with Gasteiger partial charge in [0, 0.05) is 20.2 Å². The van der Waals surface area contributed by atoms with Gasteiger partial charge in [-0.2, -0.15) is 0 Å². The normalized spacial score (nSPS) is 11.3. The Bertz CT molecular complexity index is 744. The second kappa shape index (κ2) is 11.2. The summed E-state index contributed by atoms with van der Waals surface area (Å²) in [6.45, 7) is 6.98. The van der Waals surface area contributed by atoms with Crippen molar-refractivity contribution in [3.63, 3.8) is 0 Å². The summed E-state index contributed by atoms with van der Waals surface area (Å²) in [7, 11) is 3.43. The summed E-state index contributed by atoms with van der Waals surface area (Å²) < 4.78 is 10.7. The van der Waals surface area contributed by atoms with Crippen molar-refractivity contribution in [3.8, 4) is 5.75 Å². The third-order valence-corrected chi connectivity index (χ3v) is 4.29. The van der Waals surface area contributed by atoms with E-state index < -0.39 is 0 Å². The molecule has 0 aliphatic heterocycles. The minimum absolute atomic E-state index is 0.600. The molecule has 27 heavy (non-hydrogen) atoms. The Morgan fingerprint density at radius 1 is 1.00 bits per heavy atom. The van der Waals surface area contributed by atoms with E-state index in [0.717, 1.165) is 31.2 Å². The van der Waals surface area contributed by atoms with E-state index in [1.807, 2.05) is 18.2 Å². The number of hydrogen-bond donors (Lipinski definition) is 2. The number of methoxy groups -OCH3 is 2. The molecule has 0 radical (unpaired) electrons. The standard InChI is InChI=1S/C22H31N3O2/c1-5-23-22(25-15-19-8-6-7-9-20(19)16-26-3)24-13-12-18-14-17(2)10-11-21(18)27-4/h6-11,14H,5,12-13,15-16H2,1-4H3,(H2,23,24,25). The van der Waals surface area contributed by atoms with Crippen LogP contribution in [0, 0.1) is 6.92 Å². The zero-order chi connectivity index (χ0) is 19.5. The average Bonchev–Trinajstić information content (AvgIpc) is 2.67. The Morgan fingerprint density at radius 2 is 1.78 bits per heavy atom. The molecule has 2 aromatic carbocycles. The summed E-state index contributed by atoms with van der Waals surface area (Å²) >= 11 is 0. The van der Waals surface area contributed by atoms with Gasteiger partial charge < -0.3 is 20.1 Å². The summed E-state index contributed by atoms with van der Waals surface area (Å²) in [4.78, 5) is 4.73. The molecular formula is C22H31N3O2. The maximum atomic E-state index is 5.46. The van der Waals surface area contributed by atoms with Crippen molar-refractivity contribution in [2.24, 2.45) is 4.99 Å². The molecule has 2 N–H and O–H groups in total. The van der Waals surface area contributed by atoms with E-state index in [1.165, 1.54) is 22.3 Å². The Morgan fingerprint density at radius 3 is 2.48 bits per heavy atom. The number of benzene rings is 2. The van der Waals surface area contributed by atoms with E-state index in [9.17, 15) is 0 Å². The fourth-order valence-corrected chi connectivity index (χ4v) is 2.93. The van der Waals surface area contributed by atoms with Crippen molar-refractivity contribution in [2.75, 3.05) is 27.3 Å². The van der Waals surface area contributed by atoms with E-state index in [-0.39, 0.29) is 0 Å². The number of nitrogens with zero attached hydrogens (tertiary/aromatic N) is 1. The minimum Gasteiger partial charge on any atom is -0.496 e. The lowest BCUT2D eigenvalue weighted by atomic mass is 10.1. The van der Waals surface area contributed by atoms with Gasteiger partial charge in [0.1, 0.15) is 5.75 Å². The van der Waals surface area contributed by atoms with Gasteiger partial charge in [-0.3, -0.25) is 0 Å². The molecule has 0 bridgehead atoms. The van der Waals surface area contributed by atoms with Crippen molar-refractivity contribution < 1.29 is 9.47 Å². The number of aryl methyl sites for hydroxylation is 1. The van der Waals surface area contributed by atoms with Crippen LogP contribution in [0.4, 0.5) is 0 Å². The molecule has 0 spiro atoms. The molecule has 2 rings (SSSR count). The van der Waals surface area contributed by atoms with Crippen LogP contribution in [0.15, 0.2) is 47.5 Å². The molecule has 0 unspecified atom stereocenters. The predicted octanol–water partition coefficient (Wildman–Crippen LogP) is 3.45. The zero-order valence-electron chi connectivity index (χ0n) is 16.8. The van der Waals surface area contributed by atoms with Gasteiger partial charge in [0.2, 0.25) is 0 Å². The van der Waals surface area contributed by atoms with E-state index in [4.69, 9.17) is 14.5 Å². The average molecular weight is 370 g/mol. The van der Waals surface area contributed by atoms with Crippen molar-refractivity contribution >= 4 is 5.96 Å². The lowest BCUT2D eigenvalue weighted by Gasteiger charge is -2.14. The van der Waals surface area contributed by atoms with Gasteiger partial charge in [-0.1, -0.05) is 42.0 Å². The van der Waals surface area contributed by atoms with Crippen LogP contribution in [0.25, 0.3) is 0 Å². The third kappa shape index (κ3) is 6.61. The maximum Gasteiger partial charge on any atom is 0.191 e. The molecular weight excluding hydrogens is 338 g/mol. The topological polar surface area (TPSA) is 54.9 Å². The molecule has 0 fully saturated rings. The highest BCUT2D eigenvalue weighted by atomic mass is 16.5. The molecule has 0 heterocycles. The summed E-state index contributed by atoms with van der Waals surface area (Å²) in [5, 5.41) is 6.72. The van der Waals surface area contributed by atoms with Crippen molar-refractivity contribution in [3.05, 3.63) is 64.7 Å². The molecule has 146 valence electrons. The fraction of sp³-hybridized carbons (Fsp3) is 0.409. The Kier molecular flexibility index (Phi) is 8.65. The van der Waals surface area contributed by atoms with Gasteiger partial charge in [-0.15, -0.1) is 0 Å². The highest BCUT2D eigenvalue weighted by molar-refractivity contribution is 5.79. The highest BCUT2D eigenvalue weighted by Gasteiger charge is 2.05. The monoisotopic (exact) mass is 369 g/mol. The molecule has 0 saturated heterocycles. The quantitative estimate of drug-likeness (QED) is 0.525. The molecule has 5 heteroatoms. The minimum atomic E-state index is 0.600.